The van der Waals surface area contributed by atoms with Crippen LogP contribution in [0.3, 0.4) is 0 Å². The zero-order chi connectivity index (χ0) is 21.5. The minimum atomic E-state index is 0.523. The molecule has 164 valence electrons. The number of aryl methyl sites for hydroxylation is 1. The van der Waals surface area contributed by atoms with E-state index >= 15 is 0 Å². The van der Waals surface area contributed by atoms with Gasteiger partial charge in [0.25, 0.3) is 0 Å². The molecule has 7 heteroatoms. The van der Waals surface area contributed by atoms with E-state index in [1.54, 1.807) is 14.0 Å². The van der Waals surface area contributed by atoms with Crippen molar-refractivity contribution in [1.82, 2.24) is 15.1 Å². The first-order chi connectivity index (χ1) is 15.2. The number of rotatable bonds is 9. The number of hydrogen-bond donors (Lipinski definition) is 0. The fraction of sp³-hybridized carbons (Fsp3) is 0.417. The Hall–Kier alpha value is -3.06. The third kappa shape index (κ3) is 5.55. The number of methoxy groups -OCH3 is 1. The van der Waals surface area contributed by atoms with Gasteiger partial charge in [-0.1, -0.05) is 18.2 Å². The summed E-state index contributed by atoms with van der Waals surface area (Å²) in [6.45, 7) is 7.79. The van der Waals surface area contributed by atoms with E-state index in [0.717, 1.165) is 62.6 Å². The Balaban J connectivity index is 1.16. The Labute approximate surface area is 183 Å². The molecule has 0 saturated carbocycles. The number of ether oxygens (including phenoxy) is 2. The topological polar surface area (TPSA) is 63.9 Å². The minimum absolute atomic E-state index is 0.523. The van der Waals surface area contributed by atoms with E-state index in [1.165, 1.54) is 5.69 Å². The van der Waals surface area contributed by atoms with Gasteiger partial charge >= 0.3 is 0 Å². The second-order valence-corrected chi connectivity index (χ2v) is 7.71. The summed E-state index contributed by atoms with van der Waals surface area (Å²) < 4.78 is 16.9. The van der Waals surface area contributed by atoms with Gasteiger partial charge in [-0.3, -0.25) is 4.90 Å². The molecule has 0 spiro atoms. The molecule has 0 aliphatic carbocycles. The number of aromatic nitrogens is 2. The normalized spacial score (nSPS) is 14.6. The third-order valence-electron chi connectivity index (χ3n) is 5.54. The van der Waals surface area contributed by atoms with Crippen LogP contribution in [-0.4, -0.2) is 61.5 Å². The Morgan fingerprint density at radius 3 is 2.58 bits per heavy atom. The molecule has 2 aromatic carbocycles. The van der Waals surface area contributed by atoms with E-state index in [-0.39, 0.29) is 0 Å². The van der Waals surface area contributed by atoms with Gasteiger partial charge in [-0.05, 0) is 49.7 Å². The lowest BCUT2D eigenvalue weighted by atomic mass is 10.2. The van der Waals surface area contributed by atoms with Crippen molar-refractivity contribution >= 4 is 5.69 Å². The first-order valence-corrected chi connectivity index (χ1v) is 10.9. The van der Waals surface area contributed by atoms with Crippen LogP contribution in [0.1, 0.15) is 18.7 Å². The quantitative estimate of drug-likeness (QED) is 0.482. The number of nitrogens with zero attached hydrogens (tertiary/aromatic N) is 4. The maximum atomic E-state index is 5.93. The monoisotopic (exact) mass is 422 g/mol. The van der Waals surface area contributed by atoms with E-state index in [4.69, 9.17) is 13.9 Å². The molecule has 0 N–H and O–H groups in total. The van der Waals surface area contributed by atoms with Crippen LogP contribution < -0.4 is 14.4 Å². The van der Waals surface area contributed by atoms with E-state index in [0.29, 0.717) is 18.4 Å². The van der Waals surface area contributed by atoms with Crippen molar-refractivity contribution in [2.45, 2.75) is 19.8 Å². The van der Waals surface area contributed by atoms with Crippen LogP contribution in [0.2, 0.25) is 0 Å². The maximum Gasteiger partial charge on any atom is 0.247 e. The number of para-hydroxylation sites is 2. The third-order valence-corrected chi connectivity index (χ3v) is 5.54. The molecule has 7 nitrogen and oxygen atoms in total. The molecular weight excluding hydrogens is 392 g/mol. The molecule has 3 aromatic rings. The molecule has 2 heterocycles. The van der Waals surface area contributed by atoms with E-state index in [1.807, 2.05) is 36.4 Å². The van der Waals surface area contributed by atoms with Gasteiger partial charge in [0.2, 0.25) is 11.8 Å². The molecule has 1 fully saturated rings. The highest BCUT2D eigenvalue weighted by molar-refractivity contribution is 5.58. The smallest absolute Gasteiger partial charge is 0.247 e. The van der Waals surface area contributed by atoms with Crippen molar-refractivity contribution in [3.8, 4) is 23.0 Å². The molecule has 0 atom stereocenters. The lowest BCUT2D eigenvalue weighted by Crippen LogP contribution is -2.46. The highest BCUT2D eigenvalue weighted by Crippen LogP contribution is 2.28. The average Bonchev–Trinajstić information content (AvgIpc) is 3.26. The zero-order valence-corrected chi connectivity index (χ0v) is 18.3. The van der Waals surface area contributed by atoms with E-state index < -0.39 is 0 Å². The van der Waals surface area contributed by atoms with Crippen LogP contribution in [0.5, 0.6) is 11.5 Å². The van der Waals surface area contributed by atoms with E-state index in [9.17, 15) is 0 Å². The molecule has 1 aromatic heterocycles. The predicted molar refractivity (Wildman–Crippen MR) is 121 cm³/mol. The van der Waals surface area contributed by atoms with E-state index in [2.05, 4.69) is 32.1 Å². The summed E-state index contributed by atoms with van der Waals surface area (Å²) in [7, 11) is 1.74. The molecular formula is C24H30N4O3. The fourth-order valence-electron chi connectivity index (χ4n) is 3.86. The molecule has 4 rings (SSSR count). The molecule has 0 radical (unpaired) electrons. The molecule has 0 bridgehead atoms. The summed E-state index contributed by atoms with van der Waals surface area (Å²) >= 11 is 0. The molecule has 1 aliphatic heterocycles. The van der Waals surface area contributed by atoms with Crippen LogP contribution in [0.4, 0.5) is 5.69 Å². The summed E-state index contributed by atoms with van der Waals surface area (Å²) in [6, 6.07) is 16.1. The first-order valence-electron chi connectivity index (χ1n) is 10.9. The number of unbranched alkanes of at least 4 members (excludes halogenated alkanes) is 1. The maximum absolute atomic E-state index is 5.93. The standard InChI is InChI=1S/C24H30N4O3/c1-19-25-26-24(31-19)20-8-7-9-21(18-20)30-17-6-5-12-27-13-15-28(16-14-27)22-10-3-4-11-23(22)29-2/h3-4,7-11,18H,5-6,12-17H2,1-2H3. The van der Waals surface area contributed by atoms with Gasteiger partial charge in [0.05, 0.1) is 19.4 Å². The highest BCUT2D eigenvalue weighted by Gasteiger charge is 2.19. The lowest BCUT2D eigenvalue weighted by Gasteiger charge is -2.36. The predicted octanol–water partition coefficient (Wildman–Crippen LogP) is 4.03. The van der Waals surface area contributed by atoms with Gasteiger partial charge in [0.1, 0.15) is 11.5 Å². The van der Waals surface area contributed by atoms with Gasteiger partial charge < -0.3 is 18.8 Å². The van der Waals surface area contributed by atoms with Crippen molar-refractivity contribution in [3.05, 3.63) is 54.4 Å². The highest BCUT2D eigenvalue weighted by atomic mass is 16.5. The van der Waals surface area contributed by atoms with Crippen molar-refractivity contribution < 1.29 is 13.9 Å². The minimum Gasteiger partial charge on any atom is -0.495 e. The van der Waals surface area contributed by atoms with Crippen molar-refractivity contribution in [3.63, 3.8) is 0 Å². The average molecular weight is 423 g/mol. The van der Waals surface area contributed by atoms with Gasteiger partial charge in [-0.25, -0.2) is 0 Å². The molecule has 0 amide bonds. The number of hydrogen-bond acceptors (Lipinski definition) is 7. The Bertz CT molecular complexity index is 967. The Morgan fingerprint density at radius 2 is 1.81 bits per heavy atom. The fourth-order valence-corrected chi connectivity index (χ4v) is 3.86. The lowest BCUT2D eigenvalue weighted by molar-refractivity contribution is 0.238. The summed E-state index contributed by atoms with van der Waals surface area (Å²) in [5, 5.41) is 7.95. The molecule has 0 unspecified atom stereocenters. The van der Waals surface area contributed by atoms with Crippen molar-refractivity contribution in [2.24, 2.45) is 0 Å². The van der Waals surface area contributed by atoms with Gasteiger partial charge in [0, 0.05) is 38.7 Å². The summed E-state index contributed by atoms with van der Waals surface area (Å²) in [6.07, 6.45) is 2.15. The SMILES string of the molecule is COc1ccccc1N1CCN(CCCCOc2cccc(-c3nnc(C)o3)c2)CC1. The molecule has 1 aliphatic rings. The summed E-state index contributed by atoms with van der Waals surface area (Å²) in [4.78, 5) is 4.95. The zero-order valence-electron chi connectivity index (χ0n) is 18.3. The van der Waals surface area contributed by atoms with Gasteiger partial charge in [-0.15, -0.1) is 10.2 Å². The Kier molecular flexibility index (Phi) is 7.04. The first kappa shape index (κ1) is 21.2. The number of benzene rings is 2. The second kappa shape index (κ2) is 10.3. The molecule has 31 heavy (non-hydrogen) atoms. The van der Waals surface area contributed by atoms with Crippen LogP contribution in [0, 0.1) is 6.92 Å². The van der Waals surface area contributed by atoms with Crippen LogP contribution in [-0.2, 0) is 0 Å². The van der Waals surface area contributed by atoms with Crippen LogP contribution >= 0.6 is 0 Å². The second-order valence-electron chi connectivity index (χ2n) is 7.71. The van der Waals surface area contributed by atoms with Crippen LogP contribution in [0.15, 0.2) is 52.9 Å². The van der Waals surface area contributed by atoms with Crippen molar-refractivity contribution in [1.29, 1.82) is 0 Å². The van der Waals surface area contributed by atoms with Gasteiger partial charge in [0.15, 0.2) is 0 Å². The summed E-state index contributed by atoms with van der Waals surface area (Å²) in [5.41, 5.74) is 2.07. The van der Waals surface area contributed by atoms with Crippen LogP contribution in [0.25, 0.3) is 11.5 Å². The number of piperazine rings is 1. The Morgan fingerprint density at radius 1 is 0.968 bits per heavy atom. The summed E-state index contributed by atoms with van der Waals surface area (Å²) in [5.74, 6) is 2.87. The number of anilines is 1. The van der Waals surface area contributed by atoms with Crippen molar-refractivity contribution in [2.75, 3.05) is 51.3 Å². The largest absolute Gasteiger partial charge is 0.495 e. The molecule has 1 saturated heterocycles. The van der Waals surface area contributed by atoms with Gasteiger partial charge in [-0.2, -0.15) is 0 Å².